The predicted molar refractivity (Wildman–Crippen MR) is 87.9 cm³/mol. The molecule has 0 radical (unpaired) electrons. The van der Waals surface area contributed by atoms with Gasteiger partial charge in [-0.3, -0.25) is 0 Å². The van der Waals surface area contributed by atoms with Crippen LogP contribution in [0.3, 0.4) is 0 Å². The summed E-state index contributed by atoms with van der Waals surface area (Å²) < 4.78 is 27.1. The third kappa shape index (κ3) is 4.23. The van der Waals surface area contributed by atoms with Crippen LogP contribution in [-0.4, -0.2) is 44.5 Å². The Kier molecular flexibility index (Phi) is 5.32. The van der Waals surface area contributed by atoms with Gasteiger partial charge in [0.25, 0.3) is 0 Å². The van der Waals surface area contributed by atoms with E-state index in [1.165, 1.54) is 12.8 Å². The molecule has 116 valence electrons. The molecule has 1 aromatic carbocycles. The molecule has 0 aromatic heterocycles. The third-order valence-electron chi connectivity index (χ3n) is 3.69. The lowest BCUT2D eigenvalue weighted by Crippen LogP contribution is -2.33. The first-order valence-electron chi connectivity index (χ1n) is 7.02. The molecular formula is C14H21N3O2S2. The highest BCUT2D eigenvalue weighted by Gasteiger charge is 2.17. The van der Waals surface area contributed by atoms with E-state index in [0.29, 0.717) is 12.1 Å². The Balaban J connectivity index is 2.01. The first kappa shape index (κ1) is 16.4. The Morgan fingerprint density at radius 3 is 2.62 bits per heavy atom. The average Bonchev–Trinajstić information content (AvgIpc) is 2.91. The summed E-state index contributed by atoms with van der Waals surface area (Å²) in [7, 11) is -3.48. The monoisotopic (exact) mass is 327 g/mol. The number of thiocarbonyl (C=S) groups is 1. The van der Waals surface area contributed by atoms with E-state index in [-0.39, 0.29) is 9.88 Å². The molecule has 1 aliphatic rings. The summed E-state index contributed by atoms with van der Waals surface area (Å²) in [6.07, 6.45) is 2.40. The first-order chi connectivity index (χ1) is 9.90. The van der Waals surface area contributed by atoms with Gasteiger partial charge in [-0.05, 0) is 50.6 Å². The van der Waals surface area contributed by atoms with Gasteiger partial charge in [-0.15, -0.1) is 0 Å². The molecule has 3 N–H and O–H groups in total. The fourth-order valence-corrected chi connectivity index (χ4v) is 3.84. The highest BCUT2D eigenvalue weighted by atomic mass is 32.2. The smallest absolute Gasteiger partial charge is 0.240 e. The Hall–Kier alpha value is -1.02. The number of hydrogen-bond acceptors (Lipinski definition) is 4. The highest BCUT2D eigenvalue weighted by molar-refractivity contribution is 7.89. The molecule has 1 aromatic rings. The zero-order chi connectivity index (χ0) is 15.5. The number of nitrogens with one attached hydrogen (secondary N) is 1. The molecule has 0 spiro atoms. The van der Waals surface area contributed by atoms with Gasteiger partial charge in [-0.25, -0.2) is 13.1 Å². The van der Waals surface area contributed by atoms with E-state index >= 15 is 0 Å². The van der Waals surface area contributed by atoms with E-state index in [0.717, 1.165) is 25.2 Å². The largest absolute Gasteiger partial charge is 0.389 e. The van der Waals surface area contributed by atoms with Crippen molar-refractivity contribution in [1.82, 2.24) is 9.62 Å². The van der Waals surface area contributed by atoms with E-state index in [1.807, 2.05) is 0 Å². The second-order valence-electron chi connectivity index (χ2n) is 5.29. The van der Waals surface area contributed by atoms with Crippen molar-refractivity contribution in [3.63, 3.8) is 0 Å². The molecule has 0 atom stereocenters. The van der Waals surface area contributed by atoms with Crippen LogP contribution in [0.4, 0.5) is 0 Å². The van der Waals surface area contributed by atoms with Gasteiger partial charge in [-0.2, -0.15) is 0 Å². The summed E-state index contributed by atoms with van der Waals surface area (Å²) in [5.74, 6) is 0. The lowest BCUT2D eigenvalue weighted by atomic mass is 10.1. The number of rotatable bonds is 6. The van der Waals surface area contributed by atoms with Crippen molar-refractivity contribution in [3.05, 3.63) is 29.3 Å². The van der Waals surface area contributed by atoms with Gasteiger partial charge in [-0.1, -0.05) is 18.3 Å². The van der Waals surface area contributed by atoms with Crippen LogP contribution in [0, 0.1) is 6.92 Å². The number of nitrogens with zero attached hydrogens (tertiary/aromatic N) is 1. The molecule has 2 rings (SSSR count). The second kappa shape index (κ2) is 6.83. The number of sulfonamides is 1. The fourth-order valence-electron chi connectivity index (χ4n) is 2.51. The van der Waals surface area contributed by atoms with Crippen LogP contribution in [0.15, 0.2) is 23.1 Å². The van der Waals surface area contributed by atoms with E-state index < -0.39 is 10.0 Å². The van der Waals surface area contributed by atoms with Crippen LogP contribution in [0.5, 0.6) is 0 Å². The fraction of sp³-hybridized carbons (Fsp3) is 0.500. The van der Waals surface area contributed by atoms with Gasteiger partial charge in [0.15, 0.2) is 0 Å². The second-order valence-corrected chi connectivity index (χ2v) is 7.49. The van der Waals surface area contributed by atoms with Crippen LogP contribution < -0.4 is 10.5 Å². The zero-order valence-corrected chi connectivity index (χ0v) is 13.8. The molecule has 1 fully saturated rings. The average molecular weight is 327 g/mol. The Morgan fingerprint density at radius 2 is 2.05 bits per heavy atom. The lowest BCUT2D eigenvalue weighted by Gasteiger charge is -2.15. The maximum absolute atomic E-state index is 12.2. The van der Waals surface area contributed by atoms with Crippen molar-refractivity contribution in [2.24, 2.45) is 5.73 Å². The van der Waals surface area contributed by atoms with Crippen LogP contribution in [-0.2, 0) is 10.0 Å². The molecule has 5 nitrogen and oxygen atoms in total. The van der Waals surface area contributed by atoms with Gasteiger partial charge < -0.3 is 10.6 Å². The summed E-state index contributed by atoms with van der Waals surface area (Å²) in [6.45, 7) is 5.10. The molecule has 1 heterocycles. The molecule has 1 aliphatic heterocycles. The van der Waals surface area contributed by atoms with Crippen LogP contribution in [0.1, 0.15) is 24.0 Å². The Labute approximate surface area is 131 Å². The zero-order valence-electron chi connectivity index (χ0n) is 12.1. The predicted octanol–water partition coefficient (Wildman–Crippen LogP) is 1.00. The van der Waals surface area contributed by atoms with E-state index in [1.54, 1.807) is 25.1 Å². The topological polar surface area (TPSA) is 75.4 Å². The van der Waals surface area contributed by atoms with E-state index in [9.17, 15) is 8.42 Å². The molecule has 21 heavy (non-hydrogen) atoms. The Morgan fingerprint density at radius 1 is 1.38 bits per heavy atom. The summed E-state index contributed by atoms with van der Waals surface area (Å²) in [4.78, 5) is 2.80. The number of likely N-dealkylation sites (tertiary alicyclic amines) is 1. The molecule has 0 saturated carbocycles. The van der Waals surface area contributed by atoms with Gasteiger partial charge >= 0.3 is 0 Å². The lowest BCUT2D eigenvalue weighted by molar-refractivity contribution is 0.344. The summed E-state index contributed by atoms with van der Waals surface area (Å²) in [6, 6.07) is 4.80. The molecular weight excluding hydrogens is 306 g/mol. The minimum Gasteiger partial charge on any atom is -0.389 e. The normalized spacial score (nSPS) is 16.2. The first-order valence-corrected chi connectivity index (χ1v) is 8.92. The van der Waals surface area contributed by atoms with Crippen molar-refractivity contribution in [2.45, 2.75) is 24.7 Å². The number of aryl methyl sites for hydroxylation is 1. The van der Waals surface area contributed by atoms with Crippen molar-refractivity contribution in [2.75, 3.05) is 26.2 Å². The van der Waals surface area contributed by atoms with Crippen LogP contribution in [0.25, 0.3) is 0 Å². The minimum atomic E-state index is -3.48. The summed E-state index contributed by atoms with van der Waals surface area (Å²) in [5.41, 5.74) is 7.06. The third-order valence-corrected chi connectivity index (χ3v) is 5.37. The molecule has 0 aliphatic carbocycles. The number of nitrogens with two attached hydrogens (primary N) is 1. The maximum Gasteiger partial charge on any atom is 0.240 e. The molecule has 0 amide bonds. The van der Waals surface area contributed by atoms with Crippen molar-refractivity contribution < 1.29 is 8.42 Å². The molecule has 0 unspecified atom stereocenters. The van der Waals surface area contributed by atoms with Crippen molar-refractivity contribution in [1.29, 1.82) is 0 Å². The molecule has 7 heteroatoms. The van der Waals surface area contributed by atoms with E-state index in [4.69, 9.17) is 18.0 Å². The minimum absolute atomic E-state index is 0.251. The highest BCUT2D eigenvalue weighted by Crippen LogP contribution is 2.15. The van der Waals surface area contributed by atoms with Gasteiger partial charge in [0, 0.05) is 18.7 Å². The Bertz CT molecular complexity index is 623. The number of hydrogen-bond donors (Lipinski definition) is 2. The maximum atomic E-state index is 12.2. The SMILES string of the molecule is Cc1cc(S(=O)(=O)NCCN2CCCC2)ccc1C(N)=S. The van der Waals surface area contributed by atoms with Crippen LogP contribution >= 0.6 is 12.2 Å². The van der Waals surface area contributed by atoms with Gasteiger partial charge in [0.1, 0.15) is 4.99 Å². The van der Waals surface area contributed by atoms with Gasteiger partial charge in [0.05, 0.1) is 4.90 Å². The van der Waals surface area contributed by atoms with E-state index in [2.05, 4.69) is 9.62 Å². The van der Waals surface area contributed by atoms with Crippen molar-refractivity contribution in [3.8, 4) is 0 Å². The molecule has 1 saturated heterocycles. The molecule has 0 bridgehead atoms. The quantitative estimate of drug-likeness (QED) is 0.763. The summed E-state index contributed by atoms with van der Waals surface area (Å²) >= 11 is 4.92. The summed E-state index contributed by atoms with van der Waals surface area (Å²) in [5, 5.41) is 0. The number of benzene rings is 1. The standard InChI is InChI=1S/C14H21N3O2S2/c1-11-10-12(4-5-13(11)14(15)20)21(18,19)16-6-9-17-7-2-3-8-17/h4-5,10,16H,2-3,6-9H2,1H3,(H2,15,20). The van der Waals surface area contributed by atoms with Crippen LogP contribution in [0.2, 0.25) is 0 Å². The van der Waals surface area contributed by atoms with Gasteiger partial charge in [0.2, 0.25) is 10.0 Å². The van der Waals surface area contributed by atoms with Crippen molar-refractivity contribution >= 4 is 27.2 Å².